The van der Waals surface area contributed by atoms with Gasteiger partial charge in [-0.1, -0.05) is 6.42 Å². The summed E-state index contributed by atoms with van der Waals surface area (Å²) in [4.78, 5) is 24.0. The van der Waals surface area contributed by atoms with Gasteiger partial charge in [0.05, 0.1) is 25.2 Å². The molecule has 6 nitrogen and oxygen atoms in total. The number of nitrogens with one attached hydrogen (secondary N) is 2. The van der Waals surface area contributed by atoms with Crippen LogP contribution < -0.4 is 10.6 Å². The number of hydrogen-bond donors (Lipinski definition) is 3. The Balaban J connectivity index is 1.43. The second-order valence-corrected chi connectivity index (χ2v) is 7.20. The van der Waals surface area contributed by atoms with E-state index in [1.165, 1.54) is 6.42 Å². The summed E-state index contributed by atoms with van der Waals surface area (Å²) in [5.74, 6) is 0.262. The molecule has 23 heavy (non-hydrogen) atoms. The topological polar surface area (TPSA) is 87.7 Å². The Morgan fingerprint density at radius 3 is 2.30 bits per heavy atom. The molecule has 1 saturated heterocycles. The van der Waals surface area contributed by atoms with Gasteiger partial charge in [0.2, 0.25) is 11.8 Å². The van der Waals surface area contributed by atoms with Crippen LogP contribution in [0.25, 0.3) is 0 Å². The summed E-state index contributed by atoms with van der Waals surface area (Å²) in [6.45, 7) is -0.129. The third kappa shape index (κ3) is 4.23. The van der Waals surface area contributed by atoms with Gasteiger partial charge in [0, 0.05) is 12.0 Å². The first-order valence-electron chi connectivity index (χ1n) is 9.01. The third-order valence-corrected chi connectivity index (χ3v) is 5.48. The van der Waals surface area contributed by atoms with Crippen LogP contribution in [0.3, 0.4) is 0 Å². The maximum Gasteiger partial charge on any atom is 0.223 e. The maximum absolute atomic E-state index is 12.1. The smallest absolute Gasteiger partial charge is 0.223 e. The van der Waals surface area contributed by atoms with Gasteiger partial charge in [-0.2, -0.15) is 0 Å². The van der Waals surface area contributed by atoms with E-state index in [1.54, 1.807) is 0 Å². The third-order valence-electron chi connectivity index (χ3n) is 5.48. The van der Waals surface area contributed by atoms with E-state index in [4.69, 9.17) is 4.74 Å². The first-order chi connectivity index (χ1) is 11.2. The molecule has 0 aromatic rings. The van der Waals surface area contributed by atoms with Gasteiger partial charge in [-0.15, -0.1) is 0 Å². The van der Waals surface area contributed by atoms with Crippen molar-refractivity contribution in [3.63, 3.8) is 0 Å². The summed E-state index contributed by atoms with van der Waals surface area (Å²) >= 11 is 0. The predicted octanol–water partition coefficient (Wildman–Crippen LogP) is 0.870. The molecule has 130 valence electrons. The second-order valence-electron chi connectivity index (χ2n) is 7.20. The molecule has 3 atom stereocenters. The molecule has 3 fully saturated rings. The van der Waals surface area contributed by atoms with Crippen LogP contribution in [0.5, 0.6) is 0 Å². The molecule has 0 aromatic heterocycles. The number of amides is 2. The fourth-order valence-electron chi connectivity index (χ4n) is 3.46. The number of rotatable bonds is 6. The lowest BCUT2D eigenvalue weighted by atomic mass is 9.84. The van der Waals surface area contributed by atoms with Gasteiger partial charge in [-0.25, -0.2) is 0 Å². The molecule has 1 aliphatic heterocycles. The van der Waals surface area contributed by atoms with Crippen LogP contribution in [0.4, 0.5) is 0 Å². The highest BCUT2D eigenvalue weighted by molar-refractivity contribution is 5.79. The number of aliphatic hydroxyl groups excluding tert-OH is 1. The second kappa shape index (κ2) is 7.62. The van der Waals surface area contributed by atoms with Crippen LogP contribution in [0, 0.1) is 5.92 Å². The lowest BCUT2D eigenvalue weighted by Gasteiger charge is -2.37. The maximum atomic E-state index is 12.1. The van der Waals surface area contributed by atoms with Crippen LogP contribution in [0.2, 0.25) is 0 Å². The summed E-state index contributed by atoms with van der Waals surface area (Å²) in [7, 11) is 0. The van der Waals surface area contributed by atoms with Crippen LogP contribution in [-0.4, -0.2) is 47.8 Å². The lowest BCUT2D eigenvalue weighted by Crippen LogP contribution is -2.53. The summed E-state index contributed by atoms with van der Waals surface area (Å²) in [5, 5.41) is 15.6. The lowest BCUT2D eigenvalue weighted by molar-refractivity contribution is -0.139. The monoisotopic (exact) mass is 324 g/mol. The minimum atomic E-state index is -0.408. The Kier molecular flexibility index (Phi) is 5.54. The van der Waals surface area contributed by atoms with Crippen LogP contribution in [0.15, 0.2) is 0 Å². The Labute approximate surface area is 137 Å². The molecule has 0 spiro atoms. The van der Waals surface area contributed by atoms with Crippen LogP contribution >= 0.6 is 0 Å². The van der Waals surface area contributed by atoms with Gasteiger partial charge in [-0.3, -0.25) is 9.59 Å². The molecule has 2 amide bonds. The van der Waals surface area contributed by atoms with Crippen molar-refractivity contribution in [3.05, 3.63) is 0 Å². The van der Waals surface area contributed by atoms with Crippen molar-refractivity contribution < 1.29 is 19.4 Å². The number of aliphatic hydroxyl groups is 1. The van der Waals surface area contributed by atoms with Crippen molar-refractivity contribution in [1.82, 2.24) is 10.6 Å². The molecule has 6 heteroatoms. The molecule has 2 aliphatic carbocycles. The van der Waals surface area contributed by atoms with Gasteiger partial charge < -0.3 is 20.5 Å². The molecule has 3 rings (SSSR count). The fourth-order valence-corrected chi connectivity index (χ4v) is 3.46. The minimum Gasteiger partial charge on any atom is -0.394 e. The minimum absolute atomic E-state index is 0.0355. The predicted molar refractivity (Wildman–Crippen MR) is 84.7 cm³/mol. The van der Waals surface area contributed by atoms with E-state index in [0.717, 1.165) is 44.9 Å². The molecule has 2 saturated carbocycles. The van der Waals surface area contributed by atoms with Crippen molar-refractivity contribution in [2.75, 3.05) is 6.61 Å². The van der Waals surface area contributed by atoms with Gasteiger partial charge in [-0.05, 0) is 44.9 Å². The Hall–Kier alpha value is -1.14. The summed E-state index contributed by atoms with van der Waals surface area (Å²) in [6.07, 6.45) is 7.67. The van der Waals surface area contributed by atoms with E-state index >= 15 is 0 Å². The zero-order chi connectivity index (χ0) is 16.2. The van der Waals surface area contributed by atoms with Gasteiger partial charge in [0.25, 0.3) is 0 Å². The highest BCUT2D eigenvalue weighted by atomic mass is 16.5. The summed E-state index contributed by atoms with van der Waals surface area (Å²) in [5.41, 5.74) is 0. The number of carbonyl (C=O) groups excluding carboxylic acids is 2. The summed E-state index contributed by atoms with van der Waals surface area (Å²) < 4.78 is 5.86. The van der Waals surface area contributed by atoms with Crippen molar-refractivity contribution >= 4 is 11.8 Å². The number of hydrogen-bond acceptors (Lipinski definition) is 4. The first-order valence-corrected chi connectivity index (χ1v) is 9.01. The van der Waals surface area contributed by atoms with E-state index in [2.05, 4.69) is 10.6 Å². The van der Waals surface area contributed by atoms with E-state index in [-0.39, 0.29) is 36.5 Å². The molecule has 0 unspecified atom stereocenters. The Morgan fingerprint density at radius 2 is 1.74 bits per heavy atom. The van der Waals surface area contributed by atoms with E-state index in [1.807, 2.05) is 0 Å². The number of carbonyl (C=O) groups is 2. The van der Waals surface area contributed by atoms with Crippen molar-refractivity contribution in [2.24, 2.45) is 5.92 Å². The standard InChI is InChI=1S/C17H28N2O4/c20-10-15-14(19-17(22)11-3-1-4-11)8-7-13(23-15)9-16(21)18-12-5-2-6-12/h11-15,20H,1-10H2,(H,18,21)(H,19,22)/t13-,14-,15-/m0/s1. The zero-order valence-corrected chi connectivity index (χ0v) is 13.6. The van der Waals surface area contributed by atoms with E-state index in [9.17, 15) is 14.7 Å². The highest BCUT2D eigenvalue weighted by Gasteiger charge is 2.35. The van der Waals surface area contributed by atoms with Crippen LogP contribution in [-0.2, 0) is 14.3 Å². The largest absolute Gasteiger partial charge is 0.394 e. The molecule has 0 bridgehead atoms. The van der Waals surface area contributed by atoms with Gasteiger partial charge in [0.1, 0.15) is 6.10 Å². The number of ether oxygens (including phenoxy) is 1. The SMILES string of the molecule is O=C(C[C@@H]1CC[C@H](NC(=O)C2CCC2)[C@H](CO)O1)NC1CCC1. The Bertz CT molecular complexity index is 434. The van der Waals surface area contributed by atoms with Gasteiger partial charge >= 0.3 is 0 Å². The average molecular weight is 324 g/mol. The van der Waals surface area contributed by atoms with Crippen molar-refractivity contribution in [2.45, 2.75) is 82.1 Å². The zero-order valence-electron chi connectivity index (χ0n) is 13.6. The van der Waals surface area contributed by atoms with E-state index < -0.39 is 6.10 Å². The van der Waals surface area contributed by atoms with E-state index in [0.29, 0.717) is 12.5 Å². The molecule has 0 radical (unpaired) electrons. The average Bonchev–Trinajstić information content (AvgIpc) is 2.42. The molecular weight excluding hydrogens is 296 g/mol. The molecule has 1 heterocycles. The fraction of sp³-hybridized carbons (Fsp3) is 0.882. The van der Waals surface area contributed by atoms with Crippen LogP contribution in [0.1, 0.15) is 57.8 Å². The quantitative estimate of drug-likeness (QED) is 0.676. The normalized spacial score (nSPS) is 31.8. The van der Waals surface area contributed by atoms with Crippen molar-refractivity contribution in [3.8, 4) is 0 Å². The highest BCUT2D eigenvalue weighted by Crippen LogP contribution is 2.28. The summed E-state index contributed by atoms with van der Waals surface area (Å²) in [6, 6.07) is 0.202. The molecule has 3 aliphatic rings. The van der Waals surface area contributed by atoms with Crippen molar-refractivity contribution in [1.29, 1.82) is 0 Å². The first kappa shape index (κ1) is 16.7. The van der Waals surface area contributed by atoms with Gasteiger partial charge in [0.15, 0.2) is 0 Å². The molecule has 0 aromatic carbocycles. The molecular formula is C17H28N2O4. The molecule has 3 N–H and O–H groups in total. The Morgan fingerprint density at radius 1 is 1.00 bits per heavy atom.